The number of terminal acetylenes is 5. The molecule has 0 spiro atoms. The number of aryl methyl sites for hydroxylation is 9. The molecule has 0 heterocycles. The Hall–Kier alpha value is -6.50. The van der Waals surface area contributed by atoms with Gasteiger partial charge in [0.25, 0.3) is 0 Å². The Morgan fingerprint density at radius 2 is 0.455 bits per heavy atom. The summed E-state index contributed by atoms with van der Waals surface area (Å²) in [6, 6.07) is 33.9. The minimum absolute atomic E-state index is 0.0783. The summed E-state index contributed by atoms with van der Waals surface area (Å²) < 4.78 is 0. The van der Waals surface area contributed by atoms with Gasteiger partial charge in [0.15, 0.2) is 0 Å². The fraction of sp³-hybridized carbons (Fsp3) is 0.615. The van der Waals surface area contributed by atoms with Gasteiger partial charge in [-0.05, 0) is 377 Å². The van der Waals surface area contributed by atoms with E-state index >= 15 is 0 Å². The summed E-state index contributed by atoms with van der Waals surface area (Å²) in [6.07, 6.45) is 61.0. The summed E-state index contributed by atoms with van der Waals surface area (Å²) >= 11 is 0. The van der Waals surface area contributed by atoms with E-state index in [9.17, 15) is 30.6 Å². The Morgan fingerprint density at radius 3 is 0.655 bits per heavy atom. The third kappa shape index (κ3) is 11.9. The number of aliphatic hydroxyl groups is 5. The SMILES string of the molecule is C#C[C@]1(O)CC[C@H]2[C@@H]3CCc4cc(C)ccc4[C@H]3CC[C@@]21C.C#C[C@]1(O)CC[C@H]2[C@@H]3CCc4cc(C)ccc4[C@H]3CC[C@@]21C.C#C[C@]1(O)CC[C@H]2[C@@H]3CCc4cc(C)ccc4[C@H]3CC[C@@]21C.C#C[C@]1(O)CC[C@H]2[C@@H]3CCc4cc(C)ccc4[C@H]3CC[C@@]21C.C#C[C@]1(O)CC[C@H]2[C@@H]3CCc4cc(O)ccc4[C@H]3CC[C@@]21C. The average molecular weight is 1470 g/mol. The van der Waals surface area contributed by atoms with Crippen LogP contribution in [-0.4, -0.2) is 58.6 Å². The number of fused-ring (bicyclic) bond motifs is 25. The molecule has 0 radical (unpaired) electrons. The van der Waals surface area contributed by atoms with Crippen molar-refractivity contribution in [1.29, 1.82) is 0 Å². The van der Waals surface area contributed by atoms with E-state index in [2.05, 4.69) is 171 Å². The van der Waals surface area contributed by atoms with Crippen LogP contribution in [0.25, 0.3) is 0 Å². The number of phenols is 1. The largest absolute Gasteiger partial charge is 0.508 e. The van der Waals surface area contributed by atoms with E-state index in [4.69, 9.17) is 32.1 Å². The van der Waals surface area contributed by atoms with Crippen molar-refractivity contribution in [2.75, 3.05) is 0 Å². The Balaban J connectivity index is 0.000000104. The molecular formula is C104H128O6. The standard InChI is InChI=1S/4C21H26O.C20H24O2/c4*1-4-21(22)12-10-19-18-8-6-15-13-14(2)5-7-16(15)17(18)9-11-20(19,21)3;1-3-20(22)11-9-18-17-6-4-13-12-14(21)5-7-15(13)16(17)8-10-19(18,20)2/h4*1,5,7,13,17-19,22H,6,8-12H2,2-3H3;1,5,7,12,16-18,21-22H,4,6,8-11H2,2H3/t4*17-,18-,19+,20+,21+;16-,17-,18+,19+,20+/m11111/s1. The van der Waals surface area contributed by atoms with E-state index in [1.165, 1.54) is 110 Å². The molecule has 5 aromatic rings. The van der Waals surface area contributed by atoms with Gasteiger partial charge in [0.05, 0.1) is 0 Å². The highest BCUT2D eigenvalue weighted by Crippen LogP contribution is 2.70. The third-order valence-corrected chi connectivity index (χ3v) is 36.2. The summed E-state index contributed by atoms with van der Waals surface area (Å²) in [4.78, 5) is 0. The molecule has 0 aliphatic heterocycles. The number of benzene rings is 5. The van der Waals surface area contributed by atoms with Crippen molar-refractivity contribution >= 4 is 0 Å². The summed E-state index contributed by atoms with van der Waals surface area (Å²) in [5.74, 6) is 23.7. The first kappa shape index (κ1) is 77.4. The minimum atomic E-state index is -0.919. The molecule has 0 bridgehead atoms. The highest BCUT2D eigenvalue weighted by atomic mass is 16.3. The van der Waals surface area contributed by atoms with Crippen molar-refractivity contribution in [1.82, 2.24) is 0 Å². The highest BCUT2D eigenvalue weighted by molar-refractivity contribution is 5.45. The molecule has 5 aromatic carbocycles. The van der Waals surface area contributed by atoms with Gasteiger partial charge in [-0.3, -0.25) is 0 Å². The molecule has 0 saturated heterocycles. The summed E-state index contributed by atoms with van der Waals surface area (Å²) in [7, 11) is 0. The second kappa shape index (κ2) is 28.2. The Bertz CT molecular complexity index is 3950. The quantitative estimate of drug-likeness (QED) is 0.0859. The Kier molecular flexibility index (Phi) is 19.9. The molecule has 6 nitrogen and oxygen atoms in total. The summed E-state index contributed by atoms with van der Waals surface area (Å²) in [5.41, 5.74) is 16.0. The molecule has 10 fully saturated rings. The molecule has 6 heteroatoms. The van der Waals surface area contributed by atoms with Crippen LogP contribution < -0.4 is 0 Å². The lowest BCUT2D eigenvalue weighted by Crippen LogP contribution is -2.50. The molecule has 0 aromatic heterocycles. The number of hydrogen-bond acceptors (Lipinski definition) is 6. The highest BCUT2D eigenvalue weighted by Gasteiger charge is 2.66. The zero-order chi connectivity index (χ0) is 77.7. The second-order valence-electron chi connectivity index (χ2n) is 40.3. The van der Waals surface area contributed by atoms with Crippen molar-refractivity contribution in [3.63, 3.8) is 0 Å². The molecule has 25 atom stereocenters. The van der Waals surface area contributed by atoms with Gasteiger partial charge in [-0.1, -0.05) is 165 Å². The predicted molar refractivity (Wildman–Crippen MR) is 445 cm³/mol. The van der Waals surface area contributed by atoms with E-state index in [1.807, 2.05) is 12.1 Å². The van der Waals surface area contributed by atoms with Gasteiger partial charge in [-0.2, -0.15) is 0 Å². The normalized spacial score (nSPS) is 42.9. The first-order valence-electron chi connectivity index (χ1n) is 43.6. The Morgan fingerprint density at radius 1 is 0.264 bits per heavy atom. The van der Waals surface area contributed by atoms with E-state index in [0.29, 0.717) is 94.5 Å². The lowest BCUT2D eigenvalue weighted by molar-refractivity contribution is -0.0647. The van der Waals surface area contributed by atoms with Crippen LogP contribution in [0, 0.1) is 176 Å². The molecule has 15 aliphatic carbocycles. The summed E-state index contributed by atoms with van der Waals surface area (Å²) in [6.45, 7) is 20.0. The maximum absolute atomic E-state index is 10.9. The lowest BCUT2D eigenvalue weighted by atomic mass is 9.53. The van der Waals surface area contributed by atoms with Crippen LogP contribution in [0.3, 0.4) is 0 Å². The van der Waals surface area contributed by atoms with Crippen molar-refractivity contribution in [2.24, 2.45) is 86.3 Å². The molecule has 6 N–H and O–H groups in total. The zero-order valence-electron chi connectivity index (χ0n) is 68.1. The van der Waals surface area contributed by atoms with E-state index in [0.717, 1.165) is 116 Å². The van der Waals surface area contributed by atoms with Crippen LogP contribution in [0.15, 0.2) is 91.0 Å². The van der Waals surface area contributed by atoms with Crippen LogP contribution in [0.4, 0.5) is 0 Å². The lowest BCUT2D eigenvalue weighted by Gasteiger charge is -2.52. The number of rotatable bonds is 0. The molecule has 0 unspecified atom stereocenters. The fourth-order valence-corrected chi connectivity index (χ4v) is 29.7. The fourth-order valence-electron chi connectivity index (χ4n) is 29.7. The number of hydrogen-bond donors (Lipinski definition) is 6. The number of phenolic OH excluding ortho intramolecular Hbond substituents is 1. The van der Waals surface area contributed by atoms with Crippen molar-refractivity contribution in [3.8, 4) is 67.5 Å². The van der Waals surface area contributed by atoms with Gasteiger partial charge in [0.1, 0.15) is 33.8 Å². The van der Waals surface area contributed by atoms with Crippen LogP contribution in [-0.2, 0) is 32.1 Å². The topological polar surface area (TPSA) is 121 Å². The van der Waals surface area contributed by atoms with Gasteiger partial charge in [-0.25, -0.2) is 0 Å². The van der Waals surface area contributed by atoms with Crippen LogP contribution in [0.2, 0.25) is 0 Å². The van der Waals surface area contributed by atoms with Crippen molar-refractivity contribution < 1.29 is 30.6 Å². The molecule has 20 rings (SSSR count). The van der Waals surface area contributed by atoms with E-state index in [1.54, 1.807) is 44.5 Å². The van der Waals surface area contributed by atoms with Gasteiger partial charge in [0, 0.05) is 27.1 Å². The first-order chi connectivity index (χ1) is 52.4. The van der Waals surface area contributed by atoms with Crippen LogP contribution >= 0.6 is 0 Å². The van der Waals surface area contributed by atoms with Gasteiger partial charge >= 0.3 is 0 Å². The average Bonchev–Trinajstić information content (AvgIpc) is 1.55. The maximum atomic E-state index is 10.9. The third-order valence-electron chi connectivity index (χ3n) is 36.2. The Labute approximate surface area is 661 Å². The molecular weight excluding hydrogens is 1350 g/mol. The van der Waals surface area contributed by atoms with E-state index in [-0.39, 0.29) is 27.1 Å². The van der Waals surface area contributed by atoms with Crippen LogP contribution in [0.5, 0.6) is 5.75 Å². The number of aromatic hydroxyl groups is 1. The molecule has 580 valence electrons. The van der Waals surface area contributed by atoms with Gasteiger partial charge < -0.3 is 30.6 Å². The first-order valence-corrected chi connectivity index (χ1v) is 43.6. The molecule has 0 amide bonds. The molecule has 10 saturated carbocycles. The summed E-state index contributed by atoms with van der Waals surface area (Å²) in [5, 5.41) is 64.4. The zero-order valence-corrected chi connectivity index (χ0v) is 68.1. The maximum Gasteiger partial charge on any atom is 0.130 e. The van der Waals surface area contributed by atoms with Crippen molar-refractivity contribution in [2.45, 2.75) is 313 Å². The smallest absolute Gasteiger partial charge is 0.130 e. The predicted octanol–water partition coefficient (Wildman–Crippen LogP) is 20.5. The monoisotopic (exact) mass is 1470 g/mol. The molecule has 110 heavy (non-hydrogen) atoms. The van der Waals surface area contributed by atoms with Gasteiger partial charge in [-0.15, -0.1) is 32.1 Å². The minimum Gasteiger partial charge on any atom is -0.508 e. The van der Waals surface area contributed by atoms with Gasteiger partial charge in [0.2, 0.25) is 0 Å². The van der Waals surface area contributed by atoms with Crippen molar-refractivity contribution in [3.05, 3.63) is 169 Å². The second-order valence-corrected chi connectivity index (χ2v) is 40.3. The molecule has 15 aliphatic rings. The van der Waals surface area contributed by atoms with Crippen LogP contribution in [0.1, 0.15) is 303 Å². The van der Waals surface area contributed by atoms with E-state index < -0.39 is 28.0 Å².